The summed E-state index contributed by atoms with van der Waals surface area (Å²) in [5, 5.41) is 0. The normalized spacial score (nSPS) is 22.7. The molecule has 0 unspecified atom stereocenters. The van der Waals surface area contributed by atoms with Crippen molar-refractivity contribution in [3.05, 3.63) is 94.3 Å². The second-order valence-corrected chi connectivity index (χ2v) is 12.5. The summed E-state index contributed by atoms with van der Waals surface area (Å²) >= 11 is 0. The van der Waals surface area contributed by atoms with Gasteiger partial charge in [-0.1, -0.05) is 50.8 Å². The Morgan fingerprint density at radius 3 is 1.77 bits per heavy atom. The molecule has 3 aromatic rings. The van der Waals surface area contributed by atoms with Gasteiger partial charge in [0.05, 0.1) is 6.10 Å². The summed E-state index contributed by atoms with van der Waals surface area (Å²) in [4.78, 5) is 0. The number of hydrogen-bond acceptors (Lipinski definition) is 1. The minimum absolute atomic E-state index is 0.0638. The van der Waals surface area contributed by atoms with Gasteiger partial charge in [-0.3, -0.25) is 0 Å². The number of unbranched alkanes of at least 4 members (excludes halogenated alkanes) is 2. The summed E-state index contributed by atoms with van der Waals surface area (Å²) in [7, 11) is 0. The van der Waals surface area contributed by atoms with Crippen LogP contribution < -0.4 is 0 Å². The fourth-order valence-corrected chi connectivity index (χ4v) is 7.04. The van der Waals surface area contributed by atoms with Crippen LogP contribution in [-0.2, 0) is 10.8 Å². The second kappa shape index (κ2) is 14.1. The lowest BCUT2D eigenvalue weighted by Gasteiger charge is -2.31. The Kier molecular flexibility index (Phi) is 10.4. The fraction of sp³-hybridized carbons (Fsp3) is 0.500. The minimum Gasteiger partial charge on any atom is -0.313 e. The maximum Gasteiger partial charge on any atom is 0.389 e. The zero-order chi connectivity index (χ0) is 31.4. The van der Waals surface area contributed by atoms with E-state index >= 15 is 22.0 Å². The highest BCUT2D eigenvalue weighted by molar-refractivity contribution is 5.65. The molecule has 3 aromatic carbocycles. The molecule has 1 nitrogen and oxygen atoms in total. The van der Waals surface area contributed by atoms with Gasteiger partial charge in [-0.25, -0.2) is 22.0 Å². The van der Waals surface area contributed by atoms with E-state index in [9.17, 15) is 8.78 Å². The number of benzene rings is 3. The first-order valence-electron chi connectivity index (χ1n) is 15.9. The van der Waals surface area contributed by atoms with Gasteiger partial charge in [-0.2, -0.15) is 8.78 Å². The fourth-order valence-electron chi connectivity index (χ4n) is 7.04. The van der Waals surface area contributed by atoms with Crippen molar-refractivity contribution in [2.45, 2.75) is 108 Å². The molecule has 0 bridgehead atoms. The van der Waals surface area contributed by atoms with Crippen molar-refractivity contribution in [3.63, 3.8) is 0 Å². The third-order valence-electron chi connectivity index (χ3n) is 9.58. The van der Waals surface area contributed by atoms with Gasteiger partial charge in [0.25, 0.3) is 0 Å². The zero-order valence-corrected chi connectivity index (χ0v) is 25.0. The smallest absolute Gasteiger partial charge is 0.313 e. The van der Waals surface area contributed by atoms with E-state index in [1.807, 2.05) is 0 Å². The quantitative estimate of drug-likeness (QED) is 0.162. The maximum absolute atomic E-state index is 15.2. The topological polar surface area (TPSA) is 9.23 Å². The molecule has 2 aliphatic rings. The van der Waals surface area contributed by atoms with E-state index < -0.39 is 46.9 Å². The Balaban J connectivity index is 1.22. The third-order valence-corrected chi connectivity index (χ3v) is 9.58. The van der Waals surface area contributed by atoms with E-state index in [0.717, 1.165) is 55.5 Å². The van der Waals surface area contributed by atoms with E-state index in [1.165, 1.54) is 43.9 Å². The van der Waals surface area contributed by atoms with Gasteiger partial charge in [0, 0.05) is 5.56 Å². The third kappa shape index (κ3) is 7.49. The van der Waals surface area contributed by atoms with Crippen LogP contribution in [0.1, 0.15) is 112 Å². The summed E-state index contributed by atoms with van der Waals surface area (Å²) in [6, 6.07) is 9.64. The van der Waals surface area contributed by atoms with E-state index in [-0.39, 0.29) is 35.8 Å². The number of rotatable bonds is 10. The molecule has 8 heteroatoms. The minimum atomic E-state index is -4.26. The molecular weight excluding hydrogens is 581 g/mol. The molecule has 0 saturated heterocycles. The average Bonchev–Trinajstić information content (AvgIpc) is 2.98. The first-order chi connectivity index (χ1) is 21.1. The molecule has 0 N–H and O–H groups in total. The Morgan fingerprint density at radius 1 is 0.636 bits per heavy atom. The molecule has 238 valence electrons. The highest BCUT2D eigenvalue weighted by Crippen LogP contribution is 2.43. The summed E-state index contributed by atoms with van der Waals surface area (Å²) in [6.45, 7) is 2.19. The number of ether oxygens (including phenoxy) is 1. The average molecular weight is 621 g/mol. The van der Waals surface area contributed by atoms with Crippen molar-refractivity contribution in [2.24, 2.45) is 5.92 Å². The molecule has 0 heterocycles. The van der Waals surface area contributed by atoms with Gasteiger partial charge < -0.3 is 4.74 Å². The molecule has 0 radical (unpaired) electrons. The summed E-state index contributed by atoms with van der Waals surface area (Å²) in [5.74, 6) is -4.89. The van der Waals surface area contributed by atoms with Crippen LogP contribution in [0, 0.1) is 35.0 Å². The molecular formula is C36H39F7O. The van der Waals surface area contributed by atoms with Crippen LogP contribution in [0.3, 0.4) is 0 Å². The lowest BCUT2D eigenvalue weighted by atomic mass is 9.77. The highest BCUT2D eigenvalue weighted by atomic mass is 19.3. The van der Waals surface area contributed by atoms with Crippen LogP contribution in [-0.4, -0.2) is 6.10 Å². The number of alkyl halides is 2. The van der Waals surface area contributed by atoms with Crippen LogP contribution in [0.25, 0.3) is 11.1 Å². The summed E-state index contributed by atoms with van der Waals surface area (Å²) in [5.41, 5.74) is -0.347. The second-order valence-electron chi connectivity index (χ2n) is 12.5. The van der Waals surface area contributed by atoms with Crippen molar-refractivity contribution >= 4 is 0 Å². The van der Waals surface area contributed by atoms with Gasteiger partial charge in [-0.05, 0) is 116 Å². The van der Waals surface area contributed by atoms with Crippen LogP contribution in [0.4, 0.5) is 30.7 Å². The molecule has 2 saturated carbocycles. The highest BCUT2D eigenvalue weighted by Gasteiger charge is 2.43. The van der Waals surface area contributed by atoms with Crippen molar-refractivity contribution in [2.75, 3.05) is 0 Å². The standard InChI is InChI=1S/C36H39F7O/c1-2-3-4-5-22-6-8-23(9-7-22)25-12-16-29(31(38)18-25)27-20-33(40)35(34(41)21-27)36(42,43)44-28-14-10-24(11-15-28)26-13-17-30(37)32(39)19-26/h12-13,16-24,28H,2-11,14-15H2,1H3. The predicted octanol–water partition coefficient (Wildman–Crippen LogP) is 11.7. The molecule has 5 rings (SSSR count). The first kappa shape index (κ1) is 32.5. The molecule has 2 aliphatic carbocycles. The van der Waals surface area contributed by atoms with Crippen molar-refractivity contribution in [1.29, 1.82) is 0 Å². The SMILES string of the molecule is CCCCCC1CCC(c2ccc(-c3cc(F)c(C(F)(F)OC4CCC(c5ccc(F)c(F)c5)CC4)c(F)c3)c(F)c2)CC1. The van der Waals surface area contributed by atoms with E-state index in [1.54, 1.807) is 6.07 Å². The molecule has 44 heavy (non-hydrogen) atoms. The maximum atomic E-state index is 15.2. The molecule has 0 aliphatic heterocycles. The van der Waals surface area contributed by atoms with Crippen molar-refractivity contribution in [1.82, 2.24) is 0 Å². The lowest BCUT2D eigenvalue weighted by Crippen LogP contribution is -2.31. The monoisotopic (exact) mass is 620 g/mol. The molecule has 0 amide bonds. The summed E-state index contributed by atoms with van der Waals surface area (Å²) < 4.78 is 107. The predicted molar refractivity (Wildman–Crippen MR) is 157 cm³/mol. The van der Waals surface area contributed by atoms with Crippen molar-refractivity contribution < 1.29 is 35.5 Å². The molecule has 0 aromatic heterocycles. The Hall–Kier alpha value is -2.87. The van der Waals surface area contributed by atoms with Crippen molar-refractivity contribution in [3.8, 4) is 11.1 Å². The van der Waals surface area contributed by atoms with Gasteiger partial charge >= 0.3 is 6.11 Å². The van der Waals surface area contributed by atoms with E-state index in [0.29, 0.717) is 24.3 Å². The largest absolute Gasteiger partial charge is 0.389 e. The lowest BCUT2D eigenvalue weighted by molar-refractivity contribution is -0.280. The van der Waals surface area contributed by atoms with Crippen LogP contribution >= 0.6 is 0 Å². The van der Waals surface area contributed by atoms with Gasteiger partial charge in [0.15, 0.2) is 11.6 Å². The van der Waals surface area contributed by atoms with Crippen LogP contribution in [0.2, 0.25) is 0 Å². The van der Waals surface area contributed by atoms with Gasteiger partial charge in [-0.15, -0.1) is 0 Å². The summed E-state index contributed by atoms with van der Waals surface area (Å²) in [6.07, 6.45) is 4.83. The van der Waals surface area contributed by atoms with E-state index in [2.05, 4.69) is 6.92 Å². The van der Waals surface area contributed by atoms with E-state index in [4.69, 9.17) is 4.74 Å². The molecule has 0 spiro atoms. The van der Waals surface area contributed by atoms with Gasteiger partial charge in [0.1, 0.15) is 23.0 Å². The van der Waals surface area contributed by atoms with Crippen LogP contribution in [0.15, 0.2) is 48.5 Å². The molecule has 2 fully saturated rings. The number of halogens is 7. The Morgan fingerprint density at radius 2 is 1.20 bits per heavy atom. The molecule has 0 atom stereocenters. The zero-order valence-electron chi connectivity index (χ0n) is 25.0. The van der Waals surface area contributed by atoms with Gasteiger partial charge in [0.2, 0.25) is 0 Å². The Bertz CT molecular complexity index is 1400. The van der Waals surface area contributed by atoms with Crippen LogP contribution in [0.5, 0.6) is 0 Å². The Labute approximate surface area is 254 Å². The number of hydrogen-bond donors (Lipinski definition) is 0. The first-order valence-corrected chi connectivity index (χ1v) is 15.9.